The van der Waals surface area contributed by atoms with Crippen LogP contribution in [-0.4, -0.2) is 24.0 Å². The summed E-state index contributed by atoms with van der Waals surface area (Å²) in [6.07, 6.45) is 8.86. The number of hydrogen-bond acceptors (Lipinski definition) is 1. The number of likely N-dealkylation sites (tertiary alicyclic amines) is 1. The number of fused-ring (bicyclic) bond motifs is 1. The van der Waals surface area contributed by atoms with Crippen molar-refractivity contribution >= 4 is 0 Å². The number of piperidine rings is 1. The molecule has 0 aromatic rings. The van der Waals surface area contributed by atoms with E-state index in [0.717, 1.165) is 23.9 Å². The van der Waals surface area contributed by atoms with Gasteiger partial charge in [0.25, 0.3) is 0 Å². The first-order valence-electron chi connectivity index (χ1n) is 6.42. The first-order chi connectivity index (χ1) is 6.70. The van der Waals surface area contributed by atoms with Crippen molar-refractivity contribution in [3.05, 3.63) is 0 Å². The van der Waals surface area contributed by atoms with E-state index in [9.17, 15) is 0 Å². The molecule has 1 heteroatoms. The Morgan fingerprint density at radius 2 is 1.71 bits per heavy atom. The van der Waals surface area contributed by atoms with Gasteiger partial charge >= 0.3 is 0 Å². The molecule has 0 aromatic heterocycles. The fraction of sp³-hybridized carbons (Fsp3) is 1.00. The molecule has 0 radical (unpaired) electrons. The summed E-state index contributed by atoms with van der Waals surface area (Å²) >= 11 is 0. The highest BCUT2D eigenvalue weighted by molar-refractivity contribution is 4.91. The Morgan fingerprint density at radius 1 is 1.00 bits per heavy atom. The Hall–Kier alpha value is -0.0400. The fourth-order valence-corrected chi connectivity index (χ4v) is 3.70. The molecule has 1 aliphatic carbocycles. The van der Waals surface area contributed by atoms with E-state index in [1.165, 1.54) is 38.5 Å². The number of nitrogens with zero attached hydrogens (tertiary/aromatic N) is 1. The summed E-state index contributed by atoms with van der Waals surface area (Å²) in [5.74, 6) is 1.87. The zero-order chi connectivity index (χ0) is 10.1. The van der Waals surface area contributed by atoms with E-state index in [1.54, 1.807) is 0 Å². The van der Waals surface area contributed by atoms with Crippen LogP contribution in [0, 0.1) is 11.8 Å². The van der Waals surface area contributed by atoms with Crippen LogP contribution in [0.3, 0.4) is 0 Å². The second kappa shape index (κ2) is 4.22. The van der Waals surface area contributed by atoms with Crippen molar-refractivity contribution in [3.8, 4) is 0 Å². The molecular weight excluding hydrogens is 170 g/mol. The van der Waals surface area contributed by atoms with Gasteiger partial charge in [-0.1, -0.05) is 26.7 Å². The minimum atomic E-state index is 0.836. The molecule has 1 saturated carbocycles. The van der Waals surface area contributed by atoms with Crippen molar-refractivity contribution in [2.24, 2.45) is 11.8 Å². The summed E-state index contributed by atoms with van der Waals surface area (Å²) < 4.78 is 0. The molecule has 82 valence electrons. The largest absolute Gasteiger partial charge is 0.300 e. The molecule has 1 aliphatic heterocycles. The average Bonchev–Trinajstić information content (AvgIpc) is 2.18. The van der Waals surface area contributed by atoms with Crippen molar-refractivity contribution < 1.29 is 0 Å². The van der Waals surface area contributed by atoms with Gasteiger partial charge in [0.15, 0.2) is 0 Å². The lowest BCUT2D eigenvalue weighted by molar-refractivity contribution is 0.0178. The minimum Gasteiger partial charge on any atom is -0.300 e. The van der Waals surface area contributed by atoms with E-state index in [-0.39, 0.29) is 0 Å². The Kier molecular flexibility index (Phi) is 3.16. The maximum absolute atomic E-state index is 2.71. The smallest absolute Gasteiger partial charge is 0.0123 e. The molecule has 3 atom stereocenters. The normalized spacial score (nSPS) is 39.9. The third kappa shape index (κ3) is 1.84. The predicted molar refractivity (Wildman–Crippen MR) is 61.4 cm³/mol. The molecule has 3 unspecified atom stereocenters. The van der Waals surface area contributed by atoms with Crippen LogP contribution in [0.5, 0.6) is 0 Å². The molecule has 14 heavy (non-hydrogen) atoms. The van der Waals surface area contributed by atoms with Crippen LogP contribution in [0.25, 0.3) is 0 Å². The maximum Gasteiger partial charge on any atom is 0.0123 e. The molecule has 2 aliphatic rings. The zero-order valence-corrected chi connectivity index (χ0v) is 10.00. The highest BCUT2D eigenvalue weighted by Gasteiger charge is 2.36. The van der Waals surface area contributed by atoms with Crippen molar-refractivity contribution in [2.75, 3.05) is 7.05 Å². The van der Waals surface area contributed by atoms with Crippen LogP contribution < -0.4 is 0 Å². The van der Waals surface area contributed by atoms with E-state index < -0.39 is 0 Å². The number of rotatable bonds is 1. The SMILES string of the molecule is CC(C)C1CCC2CCCCC2N1C. The number of hydrogen-bond donors (Lipinski definition) is 0. The second-order valence-corrected chi connectivity index (χ2v) is 5.67. The van der Waals surface area contributed by atoms with Crippen LogP contribution in [0.1, 0.15) is 52.4 Å². The third-order valence-electron chi connectivity index (χ3n) is 4.52. The van der Waals surface area contributed by atoms with Gasteiger partial charge in [-0.05, 0) is 44.6 Å². The first-order valence-corrected chi connectivity index (χ1v) is 6.42. The van der Waals surface area contributed by atoms with Gasteiger partial charge in [0.05, 0.1) is 0 Å². The molecule has 1 heterocycles. The van der Waals surface area contributed by atoms with Gasteiger partial charge in [-0.25, -0.2) is 0 Å². The second-order valence-electron chi connectivity index (χ2n) is 5.67. The molecule has 0 N–H and O–H groups in total. The summed E-state index contributed by atoms with van der Waals surface area (Å²) in [6, 6.07) is 1.78. The summed E-state index contributed by atoms with van der Waals surface area (Å²) in [7, 11) is 2.37. The molecule has 2 fully saturated rings. The summed E-state index contributed by atoms with van der Waals surface area (Å²) in [4.78, 5) is 2.71. The molecule has 0 amide bonds. The van der Waals surface area contributed by atoms with Crippen molar-refractivity contribution in [2.45, 2.75) is 64.5 Å². The van der Waals surface area contributed by atoms with Gasteiger partial charge in [-0.2, -0.15) is 0 Å². The van der Waals surface area contributed by atoms with E-state index in [2.05, 4.69) is 25.8 Å². The van der Waals surface area contributed by atoms with Gasteiger partial charge in [-0.15, -0.1) is 0 Å². The Morgan fingerprint density at radius 3 is 2.43 bits per heavy atom. The van der Waals surface area contributed by atoms with E-state index in [4.69, 9.17) is 0 Å². The zero-order valence-electron chi connectivity index (χ0n) is 10.00. The van der Waals surface area contributed by atoms with E-state index >= 15 is 0 Å². The summed E-state index contributed by atoms with van der Waals surface area (Å²) in [5.41, 5.74) is 0. The Bertz CT molecular complexity index is 188. The first kappa shape index (κ1) is 10.5. The Balaban J connectivity index is 2.03. The lowest BCUT2D eigenvalue weighted by Crippen LogP contribution is -2.51. The quantitative estimate of drug-likeness (QED) is 0.620. The van der Waals surface area contributed by atoms with Gasteiger partial charge < -0.3 is 0 Å². The fourth-order valence-electron chi connectivity index (χ4n) is 3.70. The van der Waals surface area contributed by atoms with Crippen LogP contribution in [-0.2, 0) is 0 Å². The summed E-state index contributed by atoms with van der Waals surface area (Å²) in [6.45, 7) is 4.76. The van der Waals surface area contributed by atoms with E-state index in [1.807, 2.05) is 0 Å². The minimum absolute atomic E-state index is 0.836. The van der Waals surface area contributed by atoms with Crippen LogP contribution >= 0.6 is 0 Å². The van der Waals surface area contributed by atoms with Crippen LogP contribution in [0.4, 0.5) is 0 Å². The monoisotopic (exact) mass is 195 g/mol. The molecular formula is C13H25N. The Labute approximate surface area is 88.9 Å². The molecule has 1 saturated heterocycles. The lowest BCUT2D eigenvalue weighted by atomic mass is 9.75. The summed E-state index contributed by atoms with van der Waals surface area (Å²) in [5, 5.41) is 0. The van der Waals surface area contributed by atoms with Gasteiger partial charge in [0.2, 0.25) is 0 Å². The highest BCUT2D eigenvalue weighted by Crippen LogP contribution is 2.38. The maximum atomic E-state index is 2.71. The van der Waals surface area contributed by atoms with Crippen molar-refractivity contribution in [3.63, 3.8) is 0 Å². The molecule has 0 bridgehead atoms. The van der Waals surface area contributed by atoms with E-state index in [0.29, 0.717) is 0 Å². The molecule has 1 nitrogen and oxygen atoms in total. The highest BCUT2D eigenvalue weighted by atomic mass is 15.2. The molecule has 0 spiro atoms. The molecule has 0 aromatic carbocycles. The lowest BCUT2D eigenvalue weighted by Gasteiger charge is -2.48. The standard InChI is InChI=1S/C13H25N/c1-10(2)12-9-8-11-6-4-5-7-13(11)14(12)3/h10-13H,4-9H2,1-3H3. The molecule has 2 rings (SSSR count). The van der Waals surface area contributed by atoms with Crippen LogP contribution in [0.2, 0.25) is 0 Å². The third-order valence-corrected chi connectivity index (χ3v) is 4.52. The van der Waals surface area contributed by atoms with Crippen LogP contribution in [0.15, 0.2) is 0 Å². The average molecular weight is 195 g/mol. The topological polar surface area (TPSA) is 3.24 Å². The van der Waals surface area contributed by atoms with Crippen molar-refractivity contribution in [1.29, 1.82) is 0 Å². The van der Waals surface area contributed by atoms with Crippen molar-refractivity contribution in [1.82, 2.24) is 4.90 Å². The van der Waals surface area contributed by atoms with Gasteiger partial charge in [-0.3, -0.25) is 4.90 Å². The van der Waals surface area contributed by atoms with Gasteiger partial charge in [0, 0.05) is 12.1 Å². The predicted octanol–water partition coefficient (Wildman–Crippen LogP) is 3.30. The van der Waals surface area contributed by atoms with Gasteiger partial charge in [0.1, 0.15) is 0 Å².